The SMILES string of the molecule is O=C(NO)c1ccc(-c2nnc(Cc3ccc(CO)cc3)o2)cc1. The van der Waals surface area contributed by atoms with Gasteiger partial charge in [-0.15, -0.1) is 10.2 Å². The molecule has 0 fully saturated rings. The fraction of sp³-hybridized carbons (Fsp3) is 0.118. The van der Waals surface area contributed by atoms with Crippen molar-refractivity contribution in [3.05, 3.63) is 71.1 Å². The van der Waals surface area contributed by atoms with Gasteiger partial charge in [-0.05, 0) is 35.4 Å². The Kier molecular flexibility index (Phi) is 4.64. The molecule has 7 heteroatoms. The van der Waals surface area contributed by atoms with Gasteiger partial charge in [-0.1, -0.05) is 24.3 Å². The van der Waals surface area contributed by atoms with Gasteiger partial charge < -0.3 is 9.52 Å². The molecule has 3 N–H and O–H groups in total. The fourth-order valence-corrected chi connectivity index (χ4v) is 2.21. The Labute approximate surface area is 137 Å². The van der Waals surface area contributed by atoms with Gasteiger partial charge in [0, 0.05) is 11.1 Å². The standard InChI is InChI=1S/C17H15N3O4/c21-10-12-3-1-11(2-4-12)9-15-18-19-17(24-15)14-7-5-13(6-8-14)16(22)20-23/h1-8,21,23H,9-10H2,(H,20,22). The molecule has 0 unspecified atom stereocenters. The van der Waals surface area contributed by atoms with Gasteiger partial charge in [0.1, 0.15) is 0 Å². The van der Waals surface area contributed by atoms with E-state index in [1.807, 2.05) is 24.3 Å². The van der Waals surface area contributed by atoms with Crippen molar-refractivity contribution in [2.75, 3.05) is 0 Å². The summed E-state index contributed by atoms with van der Waals surface area (Å²) >= 11 is 0. The van der Waals surface area contributed by atoms with Crippen molar-refractivity contribution in [3.63, 3.8) is 0 Å². The minimum atomic E-state index is -0.584. The normalized spacial score (nSPS) is 10.6. The minimum absolute atomic E-state index is 0.00921. The van der Waals surface area contributed by atoms with Gasteiger partial charge in [0.15, 0.2) is 0 Å². The number of hydrogen-bond acceptors (Lipinski definition) is 6. The van der Waals surface area contributed by atoms with Gasteiger partial charge in [-0.25, -0.2) is 5.48 Å². The molecule has 0 saturated heterocycles. The first-order valence-corrected chi connectivity index (χ1v) is 7.25. The smallest absolute Gasteiger partial charge is 0.274 e. The van der Waals surface area contributed by atoms with E-state index in [9.17, 15) is 4.79 Å². The quantitative estimate of drug-likeness (QED) is 0.489. The number of aliphatic hydroxyl groups excluding tert-OH is 1. The zero-order valence-corrected chi connectivity index (χ0v) is 12.6. The van der Waals surface area contributed by atoms with Crippen molar-refractivity contribution in [3.8, 4) is 11.5 Å². The van der Waals surface area contributed by atoms with Crippen molar-refractivity contribution in [2.24, 2.45) is 0 Å². The van der Waals surface area contributed by atoms with Gasteiger partial charge in [0.05, 0.1) is 13.0 Å². The molecule has 2 aromatic carbocycles. The summed E-state index contributed by atoms with van der Waals surface area (Å²) in [4.78, 5) is 11.3. The molecule has 24 heavy (non-hydrogen) atoms. The molecule has 0 aliphatic carbocycles. The van der Waals surface area contributed by atoms with Crippen molar-refractivity contribution in [1.82, 2.24) is 15.7 Å². The van der Waals surface area contributed by atoms with E-state index in [1.165, 1.54) is 0 Å². The first-order chi connectivity index (χ1) is 11.7. The molecule has 0 spiro atoms. The molecule has 3 rings (SSSR count). The molecule has 0 aliphatic rings. The van der Waals surface area contributed by atoms with E-state index >= 15 is 0 Å². The van der Waals surface area contributed by atoms with Crippen LogP contribution < -0.4 is 5.48 Å². The van der Waals surface area contributed by atoms with Crippen molar-refractivity contribution in [2.45, 2.75) is 13.0 Å². The zero-order chi connectivity index (χ0) is 16.9. The van der Waals surface area contributed by atoms with Crippen LogP contribution in [-0.4, -0.2) is 26.4 Å². The molecule has 0 atom stereocenters. The maximum Gasteiger partial charge on any atom is 0.274 e. The predicted molar refractivity (Wildman–Crippen MR) is 84.2 cm³/mol. The Hall–Kier alpha value is -3.03. The number of aliphatic hydroxyl groups is 1. The molecule has 3 aromatic rings. The van der Waals surface area contributed by atoms with Crippen LogP contribution in [0.1, 0.15) is 27.4 Å². The number of aromatic nitrogens is 2. The molecule has 0 bridgehead atoms. The Bertz CT molecular complexity index is 826. The summed E-state index contributed by atoms with van der Waals surface area (Å²) in [6, 6.07) is 13.9. The van der Waals surface area contributed by atoms with Crippen molar-refractivity contribution >= 4 is 5.91 Å². The third-order valence-corrected chi connectivity index (χ3v) is 3.52. The number of rotatable bonds is 5. The van der Waals surface area contributed by atoms with E-state index in [1.54, 1.807) is 29.7 Å². The van der Waals surface area contributed by atoms with Gasteiger partial charge in [-0.2, -0.15) is 0 Å². The number of hydroxylamine groups is 1. The molecule has 0 saturated carbocycles. The van der Waals surface area contributed by atoms with E-state index in [0.717, 1.165) is 11.1 Å². The summed E-state index contributed by atoms with van der Waals surface area (Å²) in [5.74, 6) is 0.242. The lowest BCUT2D eigenvalue weighted by molar-refractivity contribution is 0.0706. The Morgan fingerprint density at radius 2 is 1.67 bits per heavy atom. The van der Waals surface area contributed by atoms with E-state index in [2.05, 4.69) is 10.2 Å². The number of nitrogens with zero attached hydrogens (tertiary/aromatic N) is 2. The van der Waals surface area contributed by atoms with Crippen LogP contribution in [0.2, 0.25) is 0 Å². The highest BCUT2D eigenvalue weighted by molar-refractivity contribution is 5.93. The van der Waals surface area contributed by atoms with Crippen LogP contribution in [-0.2, 0) is 13.0 Å². The van der Waals surface area contributed by atoms with Crippen LogP contribution in [0.4, 0.5) is 0 Å². The summed E-state index contributed by atoms with van der Waals surface area (Å²) in [5, 5.41) is 25.7. The molecule has 7 nitrogen and oxygen atoms in total. The maximum atomic E-state index is 11.3. The van der Waals surface area contributed by atoms with E-state index in [0.29, 0.717) is 29.3 Å². The van der Waals surface area contributed by atoms with Gasteiger partial charge in [0.2, 0.25) is 11.8 Å². The second-order valence-electron chi connectivity index (χ2n) is 5.17. The molecule has 1 heterocycles. The van der Waals surface area contributed by atoms with Crippen LogP contribution in [0.3, 0.4) is 0 Å². The van der Waals surface area contributed by atoms with Crippen molar-refractivity contribution in [1.29, 1.82) is 0 Å². The topological polar surface area (TPSA) is 108 Å². The molecule has 1 amide bonds. The number of nitrogens with one attached hydrogen (secondary N) is 1. The van der Waals surface area contributed by atoms with E-state index in [4.69, 9.17) is 14.7 Å². The minimum Gasteiger partial charge on any atom is -0.420 e. The number of hydrogen-bond donors (Lipinski definition) is 3. The lowest BCUT2D eigenvalue weighted by Crippen LogP contribution is -2.18. The largest absolute Gasteiger partial charge is 0.420 e. The summed E-state index contributed by atoms with van der Waals surface area (Å²) in [6.45, 7) is 0.00921. The van der Waals surface area contributed by atoms with Crippen LogP contribution in [0.15, 0.2) is 52.9 Å². The third-order valence-electron chi connectivity index (χ3n) is 3.52. The Balaban J connectivity index is 1.73. The average molecular weight is 325 g/mol. The van der Waals surface area contributed by atoms with E-state index in [-0.39, 0.29) is 6.61 Å². The summed E-state index contributed by atoms with van der Waals surface area (Å²) in [5.41, 5.74) is 4.42. The Morgan fingerprint density at radius 3 is 2.29 bits per heavy atom. The highest BCUT2D eigenvalue weighted by Gasteiger charge is 2.11. The zero-order valence-electron chi connectivity index (χ0n) is 12.6. The van der Waals surface area contributed by atoms with Gasteiger partial charge in [-0.3, -0.25) is 10.0 Å². The molecule has 0 aliphatic heterocycles. The van der Waals surface area contributed by atoms with Crippen LogP contribution >= 0.6 is 0 Å². The fourth-order valence-electron chi connectivity index (χ4n) is 2.21. The third kappa shape index (κ3) is 3.48. The first kappa shape index (κ1) is 15.9. The average Bonchev–Trinajstić information content (AvgIpc) is 3.10. The lowest BCUT2D eigenvalue weighted by Gasteiger charge is -2.00. The summed E-state index contributed by atoms with van der Waals surface area (Å²) in [7, 11) is 0. The molecular formula is C17H15N3O4. The van der Waals surface area contributed by atoms with Crippen LogP contribution in [0, 0.1) is 0 Å². The molecule has 122 valence electrons. The van der Waals surface area contributed by atoms with Crippen molar-refractivity contribution < 1.29 is 19.5 Å². The predicted octanol–water partition coefficient (Wildman–Crippen LogP) is 1.94. The summed E-state index contributed by atoms with van der Waals surface area (Å²) < 4.78 is 5.64. The number of benzene rings is 2. The number of carbonyl (C=O) groups excluding carboxylic acids is 1. The monoisotopic (exact) mass is 325 g/mol. The highest BCUT2D eigenvalue weighted by atomic mass is 16.5. The second kappa shape index (κ2) is 7.03. The number of carbonyl (C=O) groups is 1. The highest BCUT2D eigenvalue weighted by Crippen LogP contribution is 2.20. The molecular weight excluding hydrogens is 310 g/mol. The molecule has 1 aromatic heterocycles. The van der Waals surface area contributed by atoms with Crippen LogP contribution in [0.25, 0.3) is 11.5 Å². The maximum absolute atomic E-state index is 11.3. The van der Waals surface area contributed by atoms with Gasteiger partial charge in [0.25, 0.3) is 5.91 Å². The van der Waals surface area contributed by atoms with Crippen LogP contribution in [0.5, 0.6) is 0 Å². The second-order valence-corrected chi connectivity index (χ2v) is 5.17. The summed E-state index contributed by atoms with van der Waals surface area (Å²) in [6.07, 6.45) is 0.490. The lowest BCUT2D eigenvalue weighted by atomic mass is 10.1. The number of amides is 1. The van der Waals surface area contributed by atoms with E-state index < -0.39 is 5.91 Å². The molecule has 0 radical (unpaired) electrons. The first-order valence-electron chi connectivity index (χ1n) is 7.25. The van der Waals surface area contributed by atoms with Gasteiger partial charge >= 0.3 is 0 Å². The Morgan fingerprint density at radius 1 is 1.00 bits per heavy atom.